The number of amides is 1. The van der Waals surface area contributed by atoms with E-state index in [0.29, 0.717) is 0 Å². The molecule has 0 fully saturated rings. The molecule has 0 aliphatic heterocycles. The van der Waals surface area contributed by atoms with Gasteiger partial charge in [0.15, 0.2) is 0 Å². The molecule has 1 amide bonds. The fourth-order valence-corrected chi connectivity index (χ4v) is 2.06. The third-order valence-electron chi connectivity index (χ3n) is 2.22. The lowest BCUT2D eigenvalue weighted by atomic mass is 10.3. The number of carboxylic acid groups (broad SMARTS) is 1. The van der Waals surface area contributed by atoms with Gasteiger partial charge in [0.05, 0.1) is 12.9 Å². The smallest absolute Gasteiger partial charge is 0.323 e. The summed E-state index contributed by atoms with van der Waals surface area (Å²) in [5.74, 6) is -0.247. The zero-order valence-electron chi connectivity index (χ0n) is 10.3. The van der Waals surface area contributed by atoms with E-state index >= 15 is 0 Å². The first-order chi connectivity index (χ1) is 8.52. The monoisotopic (exact) mass is 269 g/mol. The van der Waals surface area contributed by atoms with E-state index in [9.17, 15) is 9.59 Å². The minimum atomic E-state index is -1.01. The zero-order valence-corrected chi connectivity index (χ0v) is 11.1. The minimum Gasteiger partial charge on any atom is -0.497 e. The number of thioether (sulfide) groups is 1. The van der Waals surface area contributed by atoms with Gasteiger partial charge in [-0.25, -0.2) is 0 Å². The van der Waals surface area contributed by atoms with Crippen LogP contribution in [0, 0.1) is 0 Å². The quantitative estimate of drug-likeness (QED) is 0.789. The molecule has 1 aromatic rings. The lowest BCUT2D eigenvalue weighted by Gasteiger charge is -2.14. The van der Waals surface area contributed by atoms with E-state index in [1.165, 1.54) is 23.7 Å². The van der Waals surface area contributed by atoms with E-state index < -0.39 is 5.97 Å². The molecule has 0 unspecified atom stereocenters. The minimum absolute atomic E-state index is 0.210. The summed E-state index contributed by atoms with van der Waals surface area (Å²) < 4.78 is 5.03. The Morgan fingerprint density at radius 2 is 1.94 bits per heavy atom. The molecule has 18 heavy (non-hydrogen) atoms. The maximum atomic E-state index is 11.6. The highest BCUT2D eigenvalue weighted by Gasteiger charge is 2.12. The first-order valence-corrected chi connectivity index (χ1v) is 6.24. The van der Waals surface area contributed by atoms with Crippen LogP contribution in [-0.2, 0) is 9.59 Å². The van der Waals surface area contributed by atoms with Gasteiger partial charge >= 0.3 is 5.97 Å². The molecule has 0 radical (unpaired) electrons. The molecule has 98 valence electrons. The number of rotatable bonds is 6. The van der Waals surface area contributed by atoms with Gasteiger partial charge < -0.3 is 14.7 Å². The molecular formula is C12H15NO4S. The maximum absolute atomic E-state index is 11.6. The molecule has 1 aromatic carbocycles. The lowest BCUT2D eigenvalue weighted by molar-refractivity contribution is -0.142. The summed E-state index contributed by atoms with van der Waals surface area (Å²) in [4.78, 5) is 24.2. The average Bonchev–Trinajstić information content (AvgIpc) is 2.35. The van der Waals surface area contributed by atoms with E-state index in [4.69, 9.17) is 9.84 Å². The number of benzene rings is 1. The second-order valence-corrected chi connectivity index (χ2v) is 4.66. The molecule has 0 saturated carbocycles. The number of carboxylic acids is 1. The number of carbonyl (C=O) groups is 2. The van der Waals surface area contributed by atoms with Crippen molar-refractivity contribution in [2.45, 2.75) is 4.90 Å². The van der Waals surface area contributed by atoms with Gasteiger partial charge in [0.1, 0.15) is 12.3 Å². The molecule has 0 spiro atoms. The van der Waals surface area contributed by atoms with Crippen molar-refractivity contribution in [1.82, 2.24) is 4.90 Å². The number of nitrogens with zero attached hydrogens (tertiary/aromatic N) is 1. The second kappa shape index (κ2) is 6.90. The van der Waals surface area contributed by atoms with Gasteiger partial charge in [-0.05, 0) is 24.3 Å². The van der Waals surface area contributed by atoms with Gasteiger partial charge in [-0.15, -0.1) is 11.8 Å². The Morgan fingerprint density at radius 1 is 1.33 bits per heavy atom. The summed E-state index contributed by atoms with van der Waals surface area (Å²) in [5, 5.41) is 8.56. The Kier molecular flexibility index (Phi) is 5.51. The van der Waals surface area contributed by atoms with Crippen LogP contribution in [0.25, 0.3) is 0 Å². The Balaban J connectivity index is 2.44. The molecule has 0 aliphatic carbocycles. The summed E-state index contributed by atoms with van der Waals surface area (Å²) in [6.45, 7) is -0.276. The topological polar surface area (TPSA) is 66.8 Å². The molecule has 0 saturated heterocycles. The molecule has 1 N–H and O–H groups in total. The normalized spacial score (nSPS) is 9.89. The van der Waals surface area contributed by atoms with Crippen molar-refractivity contribution in [3.05, 3.63) is 24.3 Å². The van der Waals surface area contributed by atoms with Crippen LogP contribution in [0.4, 0.5) is 0 Å². The summed E-state index contributed by atoms with van der Waals surface area (Å²) in [7, 11) is 3.07. The summed E-state index contributed by atoms with van der Waals surface area (Å²) >= 11 is 1.36. The zero-order chi connectivity index (χ0) is 13.5. The predicted octanol–water partition coefficient (Wildman–Crippen LogP) is 1.33. The van der Waals surface area contributed by atoms with Crippen LogP contribution < -0.4 is 4.74 Å². The van der Waals surface area contributed by atoms with E-state index in [-0.39, 0.29) is 18.2 Å². The fraction of sp³-hybridized carbons (Fsp3) is 0.333. The van der Waals surface area contributed by atoms with Crippen LogP contribution in [0.5, 0.6) is 5.75 Å². The van der Waals surface area contributed by atoms with Crippen LogP contribution in [0.15, 0.2) is 29.2 Å². The van der Waals surface area contributed by atoms with Crippen molar-refractivity contribution >= 4 is 23.6 Å². The second-order valence-electron chi connectivity index (χ2n) is 3.61. The first kappa shape index (κ1) is 14.4. The molecule has 0 aliphatic rings. The number of carbonyl (C=O) groups excluding carboxylic acids is 1. The Bertz CT molecular complexity index is 419. The third kappa shape index (κ3) is 4.67. The Labute approximate surface area is 110 Å². The highest BCUT2D eigenvalue weighted by atomic mass is 32.2. The molecule has 5 nitrogen and oxygen atoms in total. The average molecular weight is 269 g/mol. The first-order valence-electron chi connectivity index (χ1n) is 5.25. The van der Waals surface area contributed by atoms with E-state index in [1.54, 1.807) is 7.11 Å². The van der Waals surface area contributed by atoms with Crippen LogP contribution in [0.3, 0.4) is 0 Å². The number of methoxy groups -OCH3 is 1. The van der Waals surface area contributed by atoms with Crippen molar-refractivity contribution < 1.29 is 19.4 Å². The molecule has 1 rings (SSSR count). The highest BCUT2D eigenvalue weighted by Crippen LogP contribution is 2.21. The van der Waals surface area contributed by atoms with Gasteiger partial charge in [0, 0.05) is 11.9 Å². The van der Waals surface area contributed by atoms with Crippen LogP contribution in [0.2, 0.25) is 0 Å². The molecule has 6 heteroatoms. The van der Waals surface area contributed by atoms with Gasteiger partial charge in [0.25, 0.3) is 0 Å². The number of hydrogen-bond donors (Lipinski definition) is 1. The number of hydrogen-bond acceptors (Lipinski definition) is 4. The van der Waals surface area contributed by atoms with Crippen molar-refractivity contribution in [3.8, 4) is 5.75 Å². The molecule has 0 atom stereocenters. The van der Waals surface area contributed by atoms with Gasteiger partial charge in [-0.3, -0.25) is 9.59 Å². The number of aliphatic carboxylic acids is 1. The van der Waals surface area contributed by atoms with E-state index in [0.717, 1.165) is 10.6 Å². The number of likely N-dealkylation sites (N-methyl/N-ethyl adjacent to an activating group) is 1. The van der Waals surface area contributed by atoms with Crippen LogP contribution in [0.1, 0.15) is 0 Å². The number of ether oxygens (including phenoxy) is 1. The molecule has 0 bridgehead atoms. The molecule has 0 heterocycles. The largest absolute Gasteiger partial charge is 0.497 e. The Hall–Kier alpha value is -1.69. The lowest BCUT2D eigenvalue weighted by Crippen LogP contribution is -2.33. The maximum Gasteiger partial charge on any atom is 0.323 e. The van der Waals surface area contributed by atoms with Gasteiger partial charge in [-0.2, -0.15) is 0 Å². The van der Waals surface area contributed by atoms with Crippen LogP contribution in [-0.4, -0.2) is 48.3 Å². The summed E-state index contributed by atoms with van der Waals surface area (Å²) in [6, 6.07) is 7.34. The van der Waals surface area contributed by atoms with Crippen molar-refractivity contribution in [1.29, 1.82) is 0 Å². The van der Waals surface area contributed by atoms with Gasteiger partial charge in [0.2, 0.25) is 5.91 Å². The van der Waals surface area contributed by atoms with Crippen molar-refractivity contribution in [2.24, 2.45) is 0 Å². The van der Waals surface area contributed by atoms with Crippen LogP contribution >= 0.6 is 11.8 Å². The molecular weight excluding hydrogens is 254 g/mol. The predicted molar refractivity (Wildman–Crippen MR) is 69.0 cm³/mol. The van der Waals surface area contributed by atoms with Crippen molar-refractivity contribution in [3.63, 3.8) is 0 Å². The van der Waals surface area contributed by atoms with Crippen molar-refractivity contribution in [2.75, 3.05) is 26.5 Å². The molecule has 0 aromatic heterocycles. The highest BCUT2D eigenvalue weighted by molar-refractivity contribution is 8.00. The summed E-state index contributed by atoms with van der Waals surface area (Å²) in [6.07, 6.45) is 0. The van der Waals surface area contributed by atoms with E-state index in [1.807, 2.05) is 24.3 Å². The Morgan fingerprint density at radius 3 is 2.44 bits per heavy atom. The standard InChI is InChI=1S/C12H15NO4S/c1-13(7-12(15)16)11(14)8-18-10-5-3-9(17-2)4-6-10/h3-6H,7-8H2,1-2H3,(H,15,16). The fourth-order valence-electron chi connectivity index (χ4n) is 1.22. The SMILES string of the molecule is COc1ccc(SCC(=O)N(C)CC(=O)O)cc1. The van der Waals surface area contributed by atoms with E-state index in [2.05, 4.69) is 0 Å². The summed E-state index contributed by atoms with van der Waals surface area (Å²) in [5.41, 5.74) is 0. The van der Waals surface area contributed by atoms with Gasteiger partial charge in [-0.1, -0.05) is 0 Å². The third-order valence-corrected chi connectivity index (χ3v) is 3.22.